The summed E-state index contributed by atoms with van der Waals surface area (Å²) in [6.07, 6.45) is 0.510. The molecular weight excluding hydrogens is 318 g/mol. The summed E-state index contributed by atoms with van der Waals surface area (Å²) < 4.78 is 0.738. The van der Waals surface area contributed by atoms with Gasteiger partial charge in [0.1, 0.15) is 4.60 Å². The van der Waals surface area contributed by atoms with Crippen molar-refractivity contribution < 1.29 is 4.79 Å². The summed E-state index contributed by atoms with van der Waals surface area (Å²) >= 11 is 3.29. The number of amides is 1. The Hall–Kier alpha value is -1.72. The number of carbonyl (C=O) groups is 1. The molecule has 0 radical (unpaired) electrons. The summed E-state index contributed by atoms with van der Waals surface area (Å²) in [5.41, 5.74) is 8.41. The molecule has 0 saturated heterocycles. The first kappa shape index (κ1) is 14.7. The fraction of sp³-hybridized carbons (Fsp3) is 0.200. The lowest BCUT2D eigenvalue weighted by Crippen LogP contribution is -2.37. The molecule has 1 aromatic heterocycles. The predicted molar refractivity (Wildman–Crippen MR) is 83.4 cm³/mol. The third-order valence-electron chi connectivity index (χ3n) is 2.94. The number of nitrogens with two attached hydrogens (primary N) is 1. The van der Waals surface area contributed by atoms with Gasteiger partial charge in [0.15, 0.2) is 0 Å². The van der Waals surface area contributed by atoms with Crippen LogP contribution in [0.1, 0.15) is 11.3 Å². The molecular formula is C15H16BrN3O. The van der Waals surface area contributed by atoms with Crippen molar-refractivity contribution in [1.82, 2.24) is 4.98 Å². The van der Waals surface area contributed by atoms with Crippen LogP contribution in [0, 0.1) is 6.92 Å². The molecule has 0 unspecified atom stereocenters. The highest BCUT2D eigenvalue weighted by molar-refractivity contribution is 9.10. The fourth-order valence-electron chi connectivity index (χ4n) is 1.85. The van der Waals surface area contributed by atoms with Crippen LogP contribution in [0.4, 0.5) is 5.69 Å². The quantitative estimate of drug-likeness (QED) is 0.845. The van der Waals surface area contributed by atoms with Gasteiger partial charge in [-0.05, 0) is 47.0 Å². The molecule has 0 aliphatic heterocycles. The number of benzene rings is 1. The predicted octanol–water partition coefficient (Wildman–Crippen LogP) is 2.66. The minimum absolute atomic E-state index is 0.207. The molecule has 0 bridgehead atoms. The van der Waals surface area contributed by atoms with E-state index in [0.29, 0.717) is 12.1 Å². The molecule has 1 heterocycles. The maximum Gasteiger partial charge on any atom is 0.241 e. The monoisotopic (exact) mass is 333 g/mol. The Balaban J connectivity index is 2.01. The van der Waals surface area contributed by atoms with Crippen molar-refractivity contribution in [2.45, 2.75) is 19.4 Å². The molecule has 1 amide bonds. The van der Waals surface area contributed by atoms with E-state index < -0.39 is 6.04 Å². The number of carbonyl (C=O) groups excluding carboxylic acids is 1. The summed E-state index contributed by atoms with van der Waals surface area (Å²) in [6, 6.07) is 12.7. The van der Waals surface area contributed by atoms with Gasteiger partial charge >= 0.3 is 0 Å². The maximum atomic E-state index is 12.1. The van der Waals surface area contributed by atoms with Crippen LogP contribution in [0.25, 0.3) is 0 Å². The Morgan fingerprint density at radius 1 is 1.30 bits per heavy atom. The van der Waals surface area contributed by atoms with Crippen LogP contribution in [0.15, 0.2) is 47.1 Å². The molecule has 1 atom stereocenters. The first-order chi connectivity index (χ1) is 9.56. The fourth-order valence-corrected chi connectivity index (χ4v) is 2.25. The van der Waals surface area contributed by atoms with Gasteiger partial charge < -0.3 is 11.1 Å². The van der Waals surface area contributed by atoms with Gasteiger partial charge in [0.2, 0.25) is 5.91 Å². The lowest BCUT2D eigenvalue weighted by atomic mass is 10.1. The minimum atomic E-state index is -0.583. The lowest BCUT2D eigenvalue weighted by molar-refractivity contribution is -0.117. The molecule has 1 aromatic carbocycles. The average molecular weight is 334 g/mol. The van der Waals surface area contributed by atoms with Crippen LogP contribution in [0.2, 0.25) is 0 Å². The van der Waals surface area contributed by atoms with Gasteiger partial charge in [-0.1, -0.05) is 30.3 Å². The van der Waals surface area contributed by atoms with Gasteiger partial charge in [0, 0.05) is 0 Å². The van der Waals surface area contributed by atoms with E-state index >= 15 is 0 Å². The molecule has 0 saturated carbocycles. The molecule has 0 spiro atoms. The third-order valence-corrected chi connectivity index (χ3v) is 3.39. The van der Waals surface area contributed by atoms with Crippen molar-refractivity contribution in [3.63, 3.8) is 0 Å². The first-order valence-electron chi connectivity index (χ1n) is 6.30. The van der Waals surface area contributed by atoms with E-state index in [2.05, 4.69) is 26.2 Å². The Morgan fingerprint density at radius 2 is 2.00 bits per heavy atom. The number of nitrogens with zero attached hydrogens (tertiary/aromatic N) is 1. The van der Waals surface area contributed by atoms with Crippen molar-refractivity contribution in [2.75, 3.05) is 5.32 Å². The van der Waals surface area contributed by atoms with Gasteiger partial charge in [-0.15, -0.1) is 0 Å². The van der Waals surface area contributed by atoms with Crippen LogP contribution in [0.5, 0.6) is 0 Å². The summed E-state index contributed by atoms with van der Waals surface area (Å²) in [5, 5.41) is 2.81. The van der Waals surface area contributed by atoms with Gasteiger partial charge in [-0.3, -0.25) is 4.79 Å². The number of aromatic nitrogens is 1. The molecule has 2 aromatic rings. The van der Waals surface area contributed by atoms with E-state index in [-0.39, 0.29) is 5.91 Å². The lowest BCUT2D eigenvalue weighted by Gasteiger charge is -2.13. The van der Waals surface area contributed by atoms with Crippen LogP contribution in [-0.4, -0.2) is 16.9 Å². The SMILES string of the molecule is Cc1nc(Br)ccc1NC(=O)[C@@H](N)Cc1ccccc1. The molecule has 0 fully saturated rings. The van der Waals surface area contributed by atoms with E-state index in [1.807, 2.05) is 37.3 Å². The highest BCUT2D eigenvalue weighted by Crippen LogP contribution is 2.16. The van der Waals surface area contributed by atoms with E-state index in [4.69, 9.17) is 5.73 Å². The Bertz CT molecular complexity index is 601. The second-order valence-electron chi connectivity index (χ2n) is 4.55. The zero-order valence-electron chi connectivity index (χ0n) is 11.1. The van der Waals surface area contributed by atoms with Gasteiger partial charge in [0.25, 0.3) is 0 Å². The van der Waals surface area contributed by atoms with Gasteiger partial charge in [-0.25, -0.2) is 4.98 Å². The average Bonchev–Trinajstić information content (AvgIpc) is 2.43. The molecule has 0 aliphatic rings. The smallest absolute Gasteiger partial charge is 0.241 e. The second kappa shape index (κ2) is 6.63. The Kier molecular flexibility index (Phi) is 4.87. The number of pyridine rings is 1. The van der Waals surface area contributed by atoms with Crippen LogP contribution < -0.4 is 11.1 Å². The molecule has 2 rings (SSSR count). The third kappa shape index (κ3) is 3.88. The van der Waals surface area contributed by atoms with Crippen molar-refractivity contribution >= 4 is 27.5 Å². The van der Waals surface area contributed by atoms with E-state index in [1.165, 1.54) is 0 Å². The largest absolute Gasteiger partial charge is 0.323 e. The molecule has 104 valence electrons. The van der Waals surface area contributed by atoms with E-state index in [9.17, 15) is 4.79 Å². The normalized spacial score (nSPS) is 11.9. The first-order valence-corrected chi connectivity index (χ1v) is 7.09. The highest BCUT2D eigenvalue weighted by Gasteiger charge is 2.15. The number of anilines is 1. The molecule has 0 aliphatic carbocycles. The standard InChI is InChI=1S/C15H16BrN3O/c1-10-13(7-8-14(16)18-10)19-15(20)12(17)9-11-5-3-2-4-6-11/h2-8,12H,9,17H2,1H3,(H,19,20)/t12-/m0/s1. The second-order valence-corrected chi connectivity index (χ2v) is 5.36. The molecule has 5 heteroatoms. The molecule has 4 nitrogen and oxygen atoms in total. The molecule has 3 N–H and O–H groups in total. The van der Waals surface area contributed by atoms with Crippen molar-refractivity contribution in [1.29, 1.82) is 0 Å². The van der Waals surface area contributed by atoms with Crippen LogP contribution in [0.3, 0.4) is 0 Å². The van der Waals surface area contributed by atoms with E-state index in [0.717, 1.165) is 15.9 Å². The van der Waals surface area contributed by atoms with Gasteiger partial charge in [0.05, 0.1) is 17.4 Å². The van der Waals surface area contributed by atoms with E-state index in [1.54, 1.807) is 12.1 Å². The van der Waals surface area contributed by atoms with Crippen molar-refractivity contribution in [2.24, 2.45) is 5.73 Å². The zero-order chi connectivity index (χ0) is 14.5. The Morgan fingerprint density at radius 3 is 2.65 bits per heavy atom. The maximum absolute atomic E-state index is 12.1. The summed E-state index contributed by atoms with van der Waals surface area (Å²) in [4.78, 5) is 16.3. The highest BCUT2D eigenvalue weighted by atomic mass is 79.9. The summed E-state index contributed by atoms with van der Waals surface area (Å²) in [6.45, 7) is 1.84. The number of halogens is 1. The number of rotatable bonds is 4. The molecule has 20 heavy (non-hydrogen) atoms. The van der Waals surface area contributed by atoms with Crippen LogP contribution >= 0.6 is 15.9 Å². The van der Waals surface area contributed by atoms with Crippen molar-refractivity contribution in [3.8, 4) is 0 Å². The number of hydrogen-bond acceptors (Lipinski definition) is 3. The minimum Gasteiger partial charge on any atom is -0.323 e. The number of nitrogens with one attached hydrogen (secondary N) is 1. The topological polar surface area (TPSA) is 68.0 Å². The van der Waals surface area contributed by atoms with Crippen molar-refractivity contribution in [3.05, 3.63) is 58.3 Å². The zero-order valence-corrected chi connectivity index (χ0v) is 12.7. The van der Waals surface area contributed by atoms with Crippen LogP contribution in [-0.2, 0) is 11.2 Å². The summed E-state index contributed by atoms with van der Waals surface area (Å²) in [7, 11) is 0. The van der Waals surface area contributed by atoms with Gasteiger partial charge in [-0.2, -0.15) is 0 Å². The number of hydrogen-bond donors (Lipinski definition) is 2. The number of aryl methyl sites for hydroxylation is 1. The Labute approximate surface area is 126 Å². The summed E-state index contributed by atoms with van der Waals surface area (Å²) in [5.74, 6) is -0.207.